The van der Waals surface area contributed by atoms with Crippen LogP contribution in [0.4, 0.5) is 11.4 Å². The van der Waals surface area contributed by atoms with E-state index < -0.39 is 12.0 Å². The lowest BCUT2D eigenvalue weighted by atomic mass is 10.1. The van der Waals surface area contributed by atoms with Gasteiger partial charge in [0.05, 0.1) is 17.5 Å². The highest BCUT2D eigenvalue weighted by Crippen LogP contribution is 2.20. The van der Waals surface area contributed by atoms with Gasteiger partial charge in [-0.25, -0.2) is 0 Å². The molecule has 0 aliphatic rings. The lowest BCUT2D eigenvalue weighted by molar-refractivity contribution is 0.100. The van der Waals surface area contributed by atoms with Crippen LogP contribution in [0.1, 0.15) is 30.6 Å². The quantitative estimate of drug-likeness (QED) is 0.570. The van der Waals surface area contributed by atoms with E-state index in [1.165, 1.54) is 0 Å². The Morgan fingerprint density at radius 2 is 2.11 bits per heavy atom. The van der Waals surface area contributed by atoms with Gasteiger partial charge in [-0.1, -0.05) is 13.8 Å². The lowest BCUT2D eigenvalue weighted by Crippen LogP contribution is -2.22. The summed E-state index contributed by atoms with van der Waals surface area (Å²) in [6.45, 7) is 4.49. The molecule has 1 unspecified atom stereocenters. The van der Waals surface area contributed by atoms with E-state index in [0.717, 1.165) is 0 Å². The Morgan fingerprint density at radius 3 is 2.67 bits per heavy atom. The number of aliphatic hydroxyl groups is 1. The van der Waals surface area contributed by atoms with Gasteiger partial charge in [0, 0.05) is 12.1 Å². The third-order valence-corrected chi connectivity index (χ3v) is 2.61. The molecule has 1 aromatic carbocycles. The van der Waals surface area contributed by atoms with Crippen molar-refractivity contribution in [3.8, 4) is 0 Å². The molecule has 1 rings (SSSR count). The molecule has 5 nitrogen and oxygen atoms in total. The van der Waals surface area contributed by atoms with Gasteiger partial charge in [0.1, 0.15) is 0 Å². The van der Waals surface area contributed by atoms with Crippen molar-refractivity contribution in [1.29, 1.82) is 0 Å². The Labute approximate surface area is 107 Å². The van der Waals surface area contributed by atoms with E-state index >= 15 is 0 Å². The summed E-state index contributed by atoms with van der Waals surface area (Å²) in [7, 11) is 0. The van der Waals surface area contributed by atoms with Crippen molar-refractivity contribution in [1.82, 2.24) is 0 Å². The van der Waals surface area contributed by atoms with E-state index in [2.05, 4.69) is 5.32 Å². The van der Waals surface area contributed by atoms with Gasteiger partial charge in [0.2, 0.25) is 5.91 Å². The van der Waals surface area contributed by atoms with Crippen molar-refractivity contribution in [2.45, 2.75) is 26.4 Å². The second-order valence-corrected chi connectivity index (χ2v) is 4.83. The summed E-state index contributed by atoms with van der Waals surface area (Å²) in [5.74, 6) is -0.0723. The highest BCUT2D eigenvalue weighted by molar-refractivity contribution is 5.94. The molecule has 0 spiro atoms. The summed E-state index contributed by atoms with van der Waals surface area (Å²) in [5, 5.41) is 12.8. The van der Waals surface area contributed by atoms with Gasteiger partial charge in [-0.2, -0.15) is 0 Å². The van der Waals surface area contributed by atoms with Crippen LogP contribution in [0.25, 0.3) is 0 Å². The van der Waals surface area contributed by atoms with Gasteiger partial charge in [-0.15, -0.1) is 0 Å². The molecule has 0 aromatic heterocycles. The van der Waals surface area contributed by atoms with Crippen LogP contribution >= 0.6 is 0 Å². The number of anilines is 2. The highest BCUT2D eigenvalue weighted by atomic mass is 16.3. The number of amides is 1. The number of hydrogen-bond donors (Lipinski definition) is 4. The summed E-state index contributed by atoms with van der Waals surface area (Å²) in [6.07, 6.45) is 0.268. The van der Waals surface area contributed by atoms with Gasteiger partial charge >= 0.3 is 0 Å². The molecule has 0 fully saturated rings. The molecule has 100 valence electrons. The van der Waals surface area contributed by atoms with Crippen molar-refractivity contribution >= 4 is 17.3 Å². The zero-order chi connectivity index (χ0) is 13.7. The molecule has 1 aromatic rings. The Morgan fingerprint density at radius 1 is 1.44 bits per heavy atom. The number of carbonyl (C=O) groups is 1. The first-order valence-corrected chi connectivity index (χ1v) is 6.01. The van der Waals surface area contributed by atoms with E-state index in [-0.39, 0.29) is 0 Å². The molecule has 5 heteroatoms. The Hall–Kier alpha value is -1.75. The lowest BCUT2D eigenvalue weighted by Gasteiger charge is -2.16. The smallest absolute Gasteiger partial charge is 0.248 e. The Bertz CT molecular complexity index is 419. The molecule has 0 saturated heterocycles. The van der Waals surface area contributed by atoms with Gasteiger partial charge in [-0.3, -0.25) is 4.79 Å². The third-order valence-electron chi connectivity index (χ3n) is 2.61. The molecule has 1 atom stereocenters. The van der Waals surface area contributed by atoms with Crippen molar-refractivity contribution in [2.75, 3.05) is 17.6 Å². The first-order chi connectivity index (χ1) is 8.40. The number of nitrogens with two attached hydrogens (primary N) is 2. The molecule has 6 N–H and O–H groups in total. The summed E-state index contributed by atoms with van der Waals surface area (Å²) >= 11 is 0. The maximum Gasteiger partial charge on any atom is 0.248 e. The Balaban J connectivity index is 2.66. The van der Waals surface area contributed by atoms with Crippen LogP contribution in [-0.2, 0) is 0 Å². The highest BCUT2D eigenvalue weighted by Gasteiger charge is 2.09. The largest absolute Gasteiger partial charge is 0.397 e. The summed E-state index contributed by atoms with van der Waals surface area (Å²) < 4.78 is 0. The monoisotopic (exact) mass is 251 g/mol. The fourth-order valence-corrected chi connectivity index (χ4v) is 1.72. The van der Waals surface area contributed by atoms with Gasteiger partial charge in [-0.05, 0) is 30.5 Å². The van der Waals surface area contributed by atoms with E-state index in [4.69, 9.17) is 11.5 Å². The zero-order valence-electron chi connectivity index (χ0n) is 10.8. The summed E-state index contributed by atoms with van der Waals surface area (Å²) in [4.78, 5) is 11.1. The molecule has 0 aliphatic carbocycles. The van der Waals surface area contributed by atoms with E-state index in [1.54, 1.807) is 18.2 Å². The van der Waals surface area contributed by atoms with Crippen molar-refractivity contribution in [3.05, 3.63) is 23.8 Å². The zero-order valence-corrected chi connectivity index (χ0v) is 10.8. The SMILES string of the molecule is CC(C)CC(O)CNc1cc(C(N)=O)ccc1N. The van der Waals surface area contributed by atoms with Crippen LogP contribution in [0.15, 0.2) is 18.2 Å². The molecule has 0 radical (unpaired) electrons. The van der Waals surface area contributed by atoms with Crippen LogP contribution < -0.4 is 16.8 Å². The van der Waals surface area contributed by atoms with E-state index in [1.807, 2.05) is 13.8 Å². The number of hydrogen-bond acceptors (Lipinski definition) is 4. The molecule has 1 amide bonds. The number of aliphatic hydroxyl groups excluding tert-OH is 1. The molecular formula is C13H21N3O2. The fraction of sp³-hybridized carbons (Fsp3) is 0.462. The van der Waals surface area contributed by atoms with Crippen LogP contribution in [0.2, 0.25) is 0 Å². The predicted octanol–water partition coefficient (Wildman–Crippen LogP) is 1.19. The molecule has 18 heavy (non-hydrogen) atoms. The maximum atomic E-state index is 11.1. The average molecular weight is 251 g/mol. The van der Waals surface area contributed by atoms with Crippen LogP contribution in [-0.4, -0.2) is 23.7 Å². The minimum atomic E-state index is -0.499. The summed E-state index contributed by atoms with van der Waals surface area (Å²) in [5.41, 5.74) is 12.5. The number of carbonyl (C=O) groups excluding carboxylic acids is 1. The van der Waals surface area contributed by atoms with Crippen molar-refractivity contribution in [2.24, 2.45) is 11.7 Å². The topological polar surface area (TPSA) is 101 Å². The molecular weight excluding hydrogens is 230 g/mol. The molecule has 0 bridgehead atoms. The normalized spacial score (nSPS) is 12.4. The van der Waals surface area contributed by atoms with E-state index in [0.29, 0.717) is 35.8 Å². The van der Waals surface area contributed by atoms with Crippen LogP contribution in [0.3, 0.4) is 0 Å². The first kappa shape index (κ1) is 14.3. The van der Waals surface area contributed by atoms with Crippen LogP contribution in [0, 0.1) is 5.92 Å². The van der Waals surface area contributed by atoms with Crippen LogP contribution in [0.5, 0.6) is 0 Å². The second-order valence-electron chi connectivity index (χ2n) is 4.83. The Kier molecular flexibility index (Phi) is 4.97. The number of primary amides is 1. The first-order valence-electron chi connectivity index (χ1n) is 6.01. The number of rotatable bonds is 6. The minimum absolute atomic E-state index is 0.393. The number of nitrogens with one attached hydrogen (secondary N) is 1. The van der Waals surface area contributed by atoms with E-state index in [9.17, 15) is 9.90 Å². The van der Waals surface area contributed by atoms with Crippen molar-refractivity contribution in [3.63, 3.8) is 0 Å². The molecule has 0 aliphatic heterocycles. The second kappa shape index (κ2) is 6.26. The van der Waals surface area contributed by atoms with Gasteiger partial charge in [0.15, 0.2) is 0 Å². The minimum Gasteiger partial charge on any atom is -0.397 e. The van der Waals surface area contributed by atoms with Gasteiger partial charge in [0.25, 0.3) is 0 Å². The third kappa shape index (κ3) is 4.25. The number of nitrogen functional groups attached to an aromatic ring is 1. The number of benzene rings is 1. The summed E-state index contributed by atoms with van der Waals surface area (Å²) in [6, 6.07) is 4.80. The average Bonchev–Trinajstić information content (AvgIpc) is 2.26. The van der Waals surface area contributed by atoms with Crippen molar-refractivity contribution < 1.29 is 9.90 Å². The molecule has 0 saturated carbocycles. The molecule has 0 heterocycles. The van der Waals surface area contributed by atoms with Gasteiger partial charge < -0.3 is 21.9 Å². The standard InChI is InChI=1S/C13H21N3O2/c1-8(2)5-10(17)7-16-12-6-9(13(15)18)3-4-11(12)14/h3-4,6,8,10,16-17H,5,7,14H2,1-2H3,(H2,15,18). The predicted molar refractivity (Wildman–Crippen MR) is 73.3 cm³/mol. The maximum absolute atomic E-state index is 11.1. The fourth-order valence-electron chi connectivity index (χ4n) is 1.72.